The summed E-state index contributed by atoms with van der Waals surface area (Å²) in [5.41, 5.74) is 1.53. The van der Waals surface area contributed by atoms with E-state index in [1.54, 1.807) is 12.1 Å². The molecule has 0 aliphatic carbocycles. The van der Waals surface area contributed by atoms with Gasteiger partial charge in [0.15, 0.2) is 0 Å². The number of hydrogen-bond acceptors (Lipinski definition) is 0. The Bertz CT molecular complexity index is 1430. The van der Waals surface area contributed by atoms with Gasteiger partial charge in [-0.2, -0.15) is 13.2 Å². The molecule has 0 radical (unpaired) electrons. The van der Waals surface area contributed by atoms with Gasteiger partial charge in [0.1, 0.15) is 17.5 Å². The Morgan fingerprint density at radius 1 is 0.611 bits per heavy atom. The van der Waals surface area contributed by atoms with Crippen molar-refractivity contribution in [3.8, 4) is 22.3 Å². The Kier molecular flexibility index (Phi) is 7.15. The number of allylic oxidation sites excluding steroid dienone is 1. The summed E-state index contributed by atoms with van der Waals surface area (Å²) in [5, 5.41) is 0. The maximum Gasteiger partial charge on any atom is 0.419 e. The summed E-state index contributed by atoms with van der Waals surface area (Å²) in [6, 6.07) is 18.4. The summed E-state index contributed by atoms with van der Waals surface area (Å²) in [6.07, 6.45) is 1.37. The van der Waals surface area contributed by atoms with Crippen LogP contribution < -0.4 is 0 Å². The third kappa shape index (κ3) is 5.60. The zero-order chi connectivity index (χ0) is 25.9. The van der Waals surface area contributed by atoms with Crippen molar-refractivity contribution in [2.75, 3.05) is 0 Å². The molecule has 0 bridgehead atoms. The zero-order valence-corrected chi connectivity index (χ0v) is 18.9. The topological polar surface area (TPSA) is 0 Å². The molecule has 0 saturated carbocycles. The second-order valence-electron chi connectivity index (χ2n) is 8.19. The van der Waals surface area contributed by atoms with Crippen LogP contribution >= 0.6 is 0 Å². The highest BCUT2D eigenvalue weighted by Gasteiger charge is 2.34. The first kappa shape index (κ1) is 25.0. The predicted molar refractivity (Wildman–Crippen MR) is 131 cm³/mol. The van der Waals surface area contributed by atoms with Crippen molar-refractivity contribution in [2.45, 2.75) is 12.6 Å². The molecule has 0 aromatic heterocycles. The Hall–Kier alpha value is -4.06. The fourth-order valence-electron chi connectivity index (χ4n) is 3.82. The van der Waals surface area contributed by atoms with Gasteiger partial charge in [-0.15, -0.1) is 6.58 Å². The molecule has 0 spiro atoms. The lowest BCUT2D eigenvalue weighted by Crippen LogP contribution is -2.07. The van der Waals surface area contributed by atoms with E-state index in [2.05, 4.69) is 6.58 Å². The van der Waals surface area contributed by atoms with E-state index in [1.807, 2.05) is 36.4 Å². The van der Waals surface area contributed by atoms with Crippen LogP contribution in [0.1, 0.15) is 22.3 Å². The van der Waals surface area contributed by atoms with Crippen molar-refractivity contribution >= 4 is 12.2 Å². The number of alkyl halides is 3. The molecule has 0 unspecified atom stereocenters. The van der Waals surface area contributed by atoms with E-state index >= 15 is 0 Å². The Morgan fingerprint density at radius 2 is 1.14 bits per heavy atom. The summed E-state index contributed by atoms with van der Waals surface area (Å²) in [7, 11) is 0. The molecule has 0 atom stereocenters. The highest BCUT2D eigenvalue weighted by atomic mass is 19.4. The van der Waals surface area contributed by atoms with Crippen LogP contribution in [0.2, 0.25) is 0 Å². The molecule has 4 aromatic rings. The molecule has 0 N–H and O–H groups in total. The van der Waals surface area contributed by atoms with Gasteiger partial charge in [-0.3, -0.25) is 0 Å². The smallest absolute Gasteiger partial charge is 0.206 e. The molecule has 0 fully saturated rings. The SMILES string of the molecule is C=CCc1ccc(/C=C/c2ccc(-c3ccc(-c4ccc(C(F)(F)F)c(F)c4)c(F)c3)c(F)c2)cc1. The molecule has 0 saturated heterocycles. The second kappa shape index (κ2) is 10.3. The van der Waals surface area contributed by atoms with E-state index in [4.69, 9.17) is 0 Å². The highest BCUT2D eigenvalue weighted by molar-refractivity contribution is 5.74. The van der Waals surface area contributed by atoms with Crippen LogP contribution in [0.3, 0.4) is 0 Å². The van der Waals surface area contributed by atoms with Crippen molar-refractivity contribution in [2.24, 2.45) is 0 Å². The molecule has 6 heteroatoms. The monoisotopic (exact) mass is 494 g/mol. The predicted octanol–water partition coefficient (Wildman–Crippen LogP) is 9.36. The van der Waals surface area contributed by atoms with Crippen LogP contribution in [0.15, 0.2) is 91.5 Å². The van der Waals surface area contributed by atoms with Crippen molar-refractivity contribution < 1.29 is 26.3 Å². The lowest BCUT2D eigenvalue weighted by Gasteiger charge is -2.11. The van der Waals surface area contributed by atoms with Crippen molar-refractivity contribution in [3.63, 3.8) is 0 Å². The van der Waals surface area contributed by atoms with E-state index in [1.165, 1.54) is 24.3 Å². The van der Waals surface area contributed by atoms with E-state index in [0.29, 0.717) is 17.7 Å². The van der Waals surface area contributed by atoms with Gasteiger partial charge in [0, 0.05) is 11.1 Å². The third-order valence-electron chi connectivity index (χ3n) is 5.69. The molecule has 0 heterocycles. The Morgan fingerprint density at radius 3 is 1.69 bits per heavy atom. The van der Waals surface area contributed by atoms with E-state index in [-0.39, 0.29) is 22.3 Å². The van der Waals surface area contributed by atoms with Gasteiger partial charge >= 0.3 is 6.18 Å². The Balaban J connectivity index is 1.55. The third-order valence-corrected chi connectivity index (χ3v) is 5.69. The van der Waals surface area contributed by atoms with Crippen LogP contribution in [-0.2, 0) is 12.6 Å². The average Bonchev–Trinajstić information content (AvgIpc) is 2.83. The molecule has 182 valence electrons. The van der Waals surface area contributed by atoms with E-state index in [0.717, 1.165) is 29.7 Å². The molecule has 0 aliphatic rings. The molecular formula is C30H20F6. The van der Waals surface area contributed by atoms with Gasteiger partial charge < -0.3 is 0 Å². The summed E-state index contributed by atoms with van der Waals surface area (Å²) < 4.78 is 81.9. The minimum absolute atomic E-state index is 0.0527. The fourth-order valence-corrected chi connectivity index (χ4v) is 3.82. The number of halogens is 6. The molecule has 36 heavy (non-hydrogen) atoms. The van der Waals surface area contributed by atoms with Crippen LogP contribution in [0.25, 0.3) is 34.4 Å². The summed E-state index contributed by atoms with van der Waals surface area (Å²) in [5.74, 6) is -2.87. The van der Waals surface area contributed by atoms with Gasteiger partial charge in [-0.05, 0) is 58.5 Å². The maximum atomic E-state index is 14.8. The molecule has 0 amide bonds. The lowest BCUT2D eigenvalue weighted by atomic mass is 9.97. The number of benzene rings is 4. The molecule has 4 rings (SSSR count). The number of rotatable bonds is 6. The minimum atomic E-state index is -4.85. The Labute approximate surface area is 204 Å². The fraction of sp³-hybridized carbons (Fsp3) is 0.0667. The largest absolute Gasteiger partial charge is 0.419 e. The summed E-state index contributed by atoms with van der Waals surface area (Å²) in [4.78, 5) is 0. The molecular weight excluding hydrogens is 474 g/mol. The van der Waals surface area contributed by atoms with Crippen molar-refractivity contribution in [1.29, 1.82) is 0 Å². The quantitative estimate of drug-likeness (QED) is 0.142. The van der Waals surface area contributed by atoms with Crippen LogP contribution in [0.5, 0.6) is 0 Å². The molecule has 0 nitrogen and oxygen atoms in total. The lowest BCUT2D eigenvalue weighted by molar-refractivity contribution is -0.139. The van der Waals surface area contributed by atoms with Crippen LogP contribution in [0.4, 0.5) is 26.3 Å². The second-order valence-corrected chi connectivity index (χ2v) is 8.19. The standard InChI is InChI=1S/C30H20F6/c1-2-3-19-4-6-20(7-5-19)8-9-21-10-13-24(27(31)16-21)22-11-14-25(28(32)17-22)23-12-15-26(29(33)18-23)30(34,35)36/h2,4-18H,1,3H2/b9-8+. The number of hydrogen-bond donors (Lipinski definition) is 0. The van der Waals surface area contributed by atoms with Crippen molar-refractivity contribution in [1.82, 2.24) is 0 Å². The van der Waals surface area contributed by atoms with Crippen LogP contribution in [-0.4, -0.2) is 0 Å². The molecule has 0 aliphatic heterocycles. The van der Waals surface area contributed by atoms with Crippen LogP contribution in [0, 0.1) is 17.5 Å². The first-order valence-electron chi connectivity index (χ1n) is 11.0. The van der Waals surface area contributed by atoms with Gasteiger partial charge in [0.05, 0.1) is 5.56 Å². The first-order valence-corrected chi connectivity index (χ1v) is 11.0. The normalized spacial score (nSPS) is 11.7. The van der Waals surface area contributed by atoms with E-state index < -0.39 is 29.2 Å². The zero-order valence-electron chi connectivity index (χ0n) is 18.9. The average molecular weight is 494 g/mol. The summed E-state index contributed by atoms with van der Waals surface area (Å²) >= 11 is 0. The van der Waals surface area contributed by atoms with Gasteiger partial charge in [0.25, 0.3) is 0 Å². The van der Waals surface area contributed by atoms with Crippen molar-refractivity contribution in [3.05, 3.63) is 131 Å². The van der Waals surface area contributed by atoms with E-state index in [9.17, 15) is 26.3 Å². The highest BCUT2D eigenvalue weighted by Crippen LogP contribution is 2.35. The minimum Gasteiger partial charge on any atom is -0.206 e. The maximum absolute atomic E-state index is 14.8. The molecule has 4 aromatic carbocycles. The van der Waals surface area contributed by atoms with Gasteiger partial charge in [-0.1, -0.05) is 72.8 Å². The summed E-state index contributed by atoms with van der Waals surface area (Å²) in [6.45, 7) is 3.71. The first-order chi connectivity index (χ1) is 17.2. The van der Waals surface area contributed by atoms with Gasteiger partial charge in [0.2, 0.25) is 0 Å². The van der Waals surface area contributed by atoms with Gasteiger partial charge in [-0.25, -0.2) is 13.2 Å².